The van der Waals surface area contributed by atoms with Crippen LogP contribution in [0.4, 0.5) is 0 Å². The SMILES string of the molecule is CCC(C)C(NC(=O)CCCc1cccc(OC)c1)C(=O)O. The van der Waals surface area contributed by atoms with Crippen molar-refractivity contribution >= 4 is 11.9 Å². The van der Waals surface area contributed by atoms with Gasteiger partial charge in [-0.1, -0.05) is 32.4 Å². The Hall–Kier alpha value is -2.04. The molecule has 1 aromatic rings. The summed E-state index contributed by atoms with van der Waals surface area (Å²) in [4.78, 5) is 23.1. The van der Waals surface area contributed by atoms with Crippen LogP contribution in [-0.4, -0.2) is 30.1 Å². The highest BCUT2D eigenvalue weighted by Crippen LogP contribution is 2.14. The van der Waals surface area contributed by atoms with Crippen molar-refractivity contribution < 1.29 is 19.4 Å². The van der Waals surface area contributed by atoms with Crippen LogP contribution in [0, 0.1) is 5.92 Å². The number of amides is 1. The molecular weight excluding hydrogens is 282 g/mol. The predicted octanol–water partition coefficient (Wildman–Crippen LogP) is 2.63. The van der Waals surface area contributed by atoms with Crippen molar-refractivity contribution in [3.63, 3.8) is 0 Å². The molecule has 22 heavy (non-hydrogen) atoms. The van der Waals surface area contributed by atoms with Crippen molar-refractivity contribution in [3.05, 3.63) is 29.8 Å². The Morgan fingerprint density at radius 1 is 1.36 bits per heavy atom. The number of aryl methyl sites for hydroxylation is 1. The third-order valence-electron chi connectivity index (χ3n) is 3.80. The summed E-state index contributed by atoms with van der Waals surface area (Å²) in [5.41, 5.74) is 1.10. The number of carboxylic acid groups (broad SMARTS) is 1. The maximum Gasteiger partial charge on any atom is 0.326 e. The van der Waals surface area contributed by atoms with E-state index in [-0.39, 0.29) is 11.8 Å². The van der Waals surface area contributed by atoms with E-state index >= 15 is 0 Å². The molecule has 1 aromatic carbocycles. The van der Waals surface area contributed by atoms with Gasteiger partial charge < -0.3 is 15.2 Å². The number of carboxylic acids is 1. The van der Waals surface area contributed by atoms with Crippen molar-refractivity contribution in [1.82, 2.24) is 5.32 Å². The molecule has 1 amide bonds. The number of rotatable bonds is 9. The summed E-state index contributed by atoms with van der Waals surface area (Å²) in [7, 11) is 1.62. The zero-order valence-electron chi connectivity index (χ0n) is 13.5. The fraction of sp³-hybridized carbons (Fsp3) is 0.529. The van der Waals surface area contributed by atoms with Crippen LogP contribution in [0.25, 0.3) is 0 Å². The Morgan fingerprint density at radius 3 is 2.68 bits per heavy atom. The Kier molecular flexibility index (Phi) is 7.43. The highest BCUT2D eigenvalue weighted by molar-refractivity contribution is 5.83. The molecule has 2 unspecified atom stereocenters. The summed E-state index contributed by atoms with van der Waals surface area (Å²) in [6, 6.07) is 6.91. The minimum atomic E-state index is -0.976. The lowest BCUT2D eigenvalue weighted by molar-refractivity contribution is -0.143. The molecule has 2 N–H and O–H groups in total. The quantitative estimate of drug-likeness (QED) is 0.735. The topological polar surface area (TPSA) is 75.6 Å². The summed E-state index contributed by atoms with van der Waals surface area (Å²) in [5.74, 6) is -0.476. The largest absolute Gasteiger partial charge is 0.497 e. The first kappa shape index (κ1) is 18.0. The second-order valence-electron chi connectivity index (χ2n) is 5.47. The number of nitrogens with one attached hydrogen (secondary N) is 1. The Morgan fingerprint density at radius 2 is 2.09 bits per heavy atom. The van der Waals surface area contributed by atoms with Crippen molar-refractivity contribution in [2.24, 2.45) is 5.92 Å². The number of carbonyl (C=O) groups excluding carboxylic acids is 1. The zero-order valence-corrected chi connectivity index (χ0v) is 13.5. The van der Waals surface area contributed by atoms with E-state index < -0.39 is 12.0 Å². The van der Waals surface area contributed by atoms with E-state index in [1.807, 2.05) is 38.1 Å². The lowest BCUT2D eigenvalue weighted by Gasteiger charge is -2.20. The van der Waals surface area contributed by atoms with Gasteiger partial charge in [-0.2, -0.15) is 0 Å². The van der Waals surface area contributed by atoms with E-state index in [2.05, 4.69) is 5.32 Å². The zero-order chi connectivity index (χ0) is 16.5. The minimum absolute atomic E-state index is 0.0835. The fourth-order valence-electron chi connectivity index (χ4n) is 2.21. The molecule has 5 heteroatoms. The minimum Gasteiger partial charge on any atom is -0.497 e. The van der Waals surface area contributed by atoms with Gasteiger partial charge in [-0.25, -0.2) is 4.79 Å². The Labute approximate surface area is 131 Å². The lowest BCUT2D eigenvalue weighted by Crippen LogP contribution is -2.44. The van der Waals surface area contributed by atoms with E-state index in [9.17, 15) is 9.59 Å². The van der Waals surface area contributed by atoms with Crippen LogP contribution in [0.5, 0.6) is 5.75 Å². The monoisotopic (exact) mass is 307 g/mol. The molecular formula is C17H25NO4. The maximum absolute atomic E-state index is 11.9. The molecule has 0 spiro atoms. The number of carbonyl (C=O) groups is 2. The fourth-order valence-corrected chi connectivity index (χ4v) is 2.21. The molecule has 0 saturated carbocycles. The van der Waals surface area contributed by atoms with Gasteiger partial charge in [0, 0.05) is 6.42 Å². The number of hydrogen-bond acceptors (Lipinski definition) is 3. The second kappa shape index (κ2) is 9.07. The molecule has 0 saturated heterocycles. The molecule has 0 aliphatic carbocycles. The Balaban J connectivity index is 2.43. The summed E-state index contributed by atoms with van der Waals surface area (Å²) in [5, 5.41) is 11.8. The number of benzene rings is 1. The van der Waals surface area contributed by atoms with Crippen molar-refractivity contribution in [1.29, 1.82) is 0 Å². The first-order valence-electron chi connectivity index (χ1n) is 7.63. The summed E-state index contributed by atoms with van der Waals surface area (Å²) in [6.45, 7) is 3.74. The molecule has 0 heterocycles. The lowest BCUT2D eigenvalue weighted by atomic mass is 9.99. The van der Waals surface area contributed by atoms with Crippen molar-refractivity contribution in [2.75, 3.05) is 7.11 Å². The van der Waals surface area contributed by atoms with E-state index in [0.717, 1.165) is 17.7 Å². The van der Waals surface area contributed by atoms with E-state index in [1.165, 1.54) is 0 Å². The van der Waals surface area contributed by atoms with E-state index in [0.29, 0.717) is 19.3 Å². The van der Waals surface area contributed by atoms with Gasteiger partial charge in [-0.05, 0) is 36.5 Å². The number of methoxy groups -OCH3 is 1. The average molecular weight is 307 g/mol. The van der Waals surface area contributed by atoms with Gasteiger partial charge in [-0.15, -0.1) is 0 Å². The van der Waals surface area contributed by atoms with E-state index in [1.54, 1.807) is 7.11 Å². The van der Waals surface area contributed by atoms with Gasteiger partial charge in [0.25, 0.3) is 0 Å². The summed E-state index contributed by atoms with van der Waals surface area (Å²) >= 11 is 0. The van der Waals surface area contributed by atoms with Crippen LogP contribution < -0.4 is 10.1 Å². The number of ether oxygens (including phenoxy) is 1. The van der Waals surface area contributed by atoms with Crippen LogP contribution in [0.2, 0.25) is 0 Å². The number of aliphatic carboxylic acids is 1. The molecule has 0 aliphatic rings. The summed E-state index contributed by atoms with van der Waals surface area (Å²) in [6.07, 6.45) is 2.45. The van der Waals surface area contributed by atoms with Gasteiger partial charge in [-0.3, -0.25) is 4.79 Å². The molecule has 0 aromatic heterocycles. The van der Waals surface area contributed by atoms with Crippen LogP contribution in [0.1, 0.15) is 38.7 Å². The molecule has 0 fully saturated rings. The van der Waals surface area contributed by atoms with E-state index in [4.69, 9.17) is 9.84 Å². The third-order valence-corrected chi connectivity index (χ3v) is 3.80. The normalized spacial score (nSPS) is 13.2. The van der Waals surface area contributed by atoms with Crippen LogP contribution in [0.3, 0.4) is 0 Å². The first-order valence-corrected chi connectivity index (χ1v) is 7.63. The third kappa shape index (κ3) is 5.76. The van der Waals surface area contributed by atoms with Gasteiger partial charge in [0.15, 0.2) is 0 Å². The molecule has 122 valence electrons. The van der Waals surface area contributed by atoms with Crippen LogP contribution in [0.15, 0.2) is 24.3 Å². The van der Waals surface area contributed by atoms with Gasteiger partial charge in [0.1, 0.15) is 11.8 Å². The van der Waals surface area contributed by atoms with Gasteiger partial charge >= 0.3 is 5.97 Å². The standard InChI is InChI=1S/C17H25NO4/c1-4-12(2)16(17(20)21)18-15(19)10-6-8-13-7-5-9-14(11-13)22-3/h5,7,9,11-12,16H,4,6,8,10H2,1-3H3,(H,18,19)(H,20,21). The maximum atomic E-state index is 11.9. The second-order valence-corrected chi connectivity index (χ2v) is 5.47. The molecule has 0 aliphatic heterocycles. The molecule has 0 bridgehead atoms. The molecule has 2 atom stereocenters. The van der Waals surface area contributed by atoms with Crippen molar-refractivity contribution in [2.45, 2.75) is 45.6 Å². The first-order chi connectivity index (χ1) is 10.5. The predicted molar refractivity (Wildman–Crippen MR) is 85.0 cm³/mol. The van der Waals surface area contributed by atoms with Crippen molar-refractivity contribution in [3.8, 4) is 5.75 Å². The summed E-state index contributed by atoms with van der Waals surface area (Å²) < 4.78 is 5.16. The highest BCUT2D eigenvalue weighted by Gasteiger charge is 2.24. The smallest absolute Gasteiger partial charge is 0.326 e. The molecule has 5 nitrogen and oxygen atoms in total. The van der Waals surface area contributed by atoms with Crippen LogP contribution >= 0.6 is 0 Å². The molecule has 1 rings (SSSR count). The van der Waals surface area contributed by atoms with Gasteiger partial charge in [0.05, 0.1) is 7.11 Å². The highest BCUT2D eigenvalue weighted by atomic mass is 16.5. The number of hydrogen-bond donors (Lipinski definition) is 2. The Bertz CT molecular complexity index is 501. The van der Waals surface area contributed by atoms with Gasteiger partial charge in [0.2, 0.25) is 5.91 Å². The van der Waals surface area contributed by atoms with Crippen LogP contribution in [-0.2, 0) is 16.0 Å². The molecule has 0 radical (unpaired) electrons. The average Bonchev–Trinajstić information content (AvgIpc) is 2.51.